The van der Waals surface area contributed by atoms with Crippen molar-refractivity contribution in [2.24, 2.45) is 0 Å². The van der Waals surface area contributed by atoms with Gasteiger partial charge in [0.05, 0.1) is 0 Å². The standard InChI is InChI=1S/C20H21N3O4S.Na/c24-18-8-7-14-10-23(11-17(14)18)28(26,27)22-20(25)21-19-15-5-1-3-12(15)9-13-4-2-6-16(13)19;/h9-11H,1-8H2,(H2,21,22,25);/q;+1/p-1. The molecular weight excluding hydrogens is 401 g/mol. The number of ketones is 1. The van der Waals surface area contributed by atoms with Crippen molar-refractivity contribution in [3.8, 4) is 0 Å². The van der Waals surface area contributed by atoms with Crippen molar-refractivity contribution in [1.82, 2.24) is 3.97 Å². The number of aryl methyl sites for hydroxylation is 3. The Morgan fingerprint density at radius 1 is 0.931 bits per heavy atom. The molecule has 0 radical (unpaired) electrons. The van der Waals surface area contributed by atoms with E-state index < -0.39 is 16.2 Å². The van der Waals surface area contributed by atoms with Crippen LogP contribution < -0.4 is 34.9 Å². The fraction of sp³-hybridized carbons (Fsp3) is 0.400. The Balaban J connectivity index is 0.00000205. The fourth-order valence-electron chi connectivity index (χ4n) is 4.69. The second kappa shape index (κ2) is 7.58. The third-order valence-corrected chi connectivity index (χ3v) is 7.12. The Morgan fingerprint density at radius 3 is 2.21 bits per heavy atom. The Hall–Kier alpha value is -1.61. The van der Waals surface area contributed by atoms with Gasteiger partial charge in [-0.05, 0) is 78.5 Å². The molecule has 0 saturated heterocycles. The van der Waals surface area contributed by atoms with E-state index in [2.05, 4.69) is 16.1 Å². The minimum atomic E-state index is -4.23. The Morgan fingerprint density at radius 2 is 1.59 bits per heavy atom. The molecule has 146 valence electrons. The van der Waals surface area contributed by atoms with Crippen molar-refractivity contribution in [2.75, 3.05) is 5.32 Å². The summed E-state index contributed by atoms with van der Waals surface area (Å²) in [5, 5.41) is 2.76. The zero-order valence-electron chi connectivity index (χ0n) is 16.3. The van der Waals surface area contributed by atoms with Crippen LogP contribution in [0, 0.1) is 0 Å². The second-order valence-corrected chi connectivity index (χ2v) is 9.18. The van der Waals surface area contributed by atoms with E-state index in [4.69, 9.17) is 0 Å². The molecule has 1 aromatic heterocycles. The summed E-state index contributed by atoms with van der Waals surface area (Å²) in [5.74, 6) is -0.0798. The molecule has 0 saturated carbocycles. The van der Waals surface area contributed by atoms with Crippen molar-refractivity contribution < 1.29 is 47.6 Å². The molecule has 0 fully saturated rings. The predicted molar refractivity (Wildman–Crippen MR) is 104 cm³/mol. The smallest absolute Gasteiger partial charge is 0.423 e. The van der Waals surface area contributed by atoms with Crippen LogP contribution in [0.5, 0.6) is 0 Å². The molecule has 7 nitrogen and oxygen atoms in total. The van der Waals surface area contributed by atoms with Crippen LogP contribution in [0.3, 0.4) is 0 Å². The van der Waals surface area contributed by atoms with Gasteiger partial charge in [-0.15, -0.1) is 0 Å². The molecule has 2 aromatic rings. The number of hydrogen-bond donors (Lipinski definition) is 1. The SMILES string of the molecule is O=C([N-]S(=O)(=O)n1cc2c(c1)C(=O)CC2)Nc1c2c(cc3c1CCC3)CCC2.[Na+]. The monoisotopic (exact) mass is 421 g/mol. The largest absolute Gasteiger partial charge is 1.00 e. The number of anilines is 1. The van der Waals surface area contributed by atoms with Crippen LogP contribution in [0.15, 0.2) is 18.5 Å². The van der Waals surface area contributed by atoms with Crippen LogP contribution in [-0.4, -0.2) is 24.2 Å². The molecule has 0 atom stereocenters. The molecule has 2 amide bonds. The predicted octanol–water partition coefficient (Wildman–Crippen LogP) is 0.297. The van der Waals surface area contributed by atoms with Gasteiger partial charge in [-0.2, -0.15) is 0 Å². The first kappa shape index (κ1) is 20.7. The molecule has 9 heteroatoms. The number of amides is 2. The van der Waals surface area contributed by atoms with Crippen molar-refractivity contribution in [2.45, 2.75) is 51.4 Å². The minimum absolute atomic E-state index is 0. The van der Waals surface area contributed by atoms with Crippen LogP contribution in [0.4, 0.5) is 10.5 Å². The first-order valence-corrected chi connectivity index (χ1v) is 11.0. The Labute approximate surface area is 191 Å². The molecule has 1 heterocycles. The number of hydrogen-bond acceptors (Lipinski definition) is 4. The van der Waals surface area contributed by atoms with E-state index in [-0.39, 0.29) is 35.3 Å². The number of benzene rings is 1. The van der Waals surface area contributed by atoms with Gasteiger partial charge in [0.15, 0.2) is 11.8 Å². The summed E-state index contributed by atoms with van der Waals surface area (Å²) in [6.07, 6.45) is 9.39. The van der Waals surface area contributed by atoms with Gasteiger partial charge in [-0.1, -0.05) is 6.07 Å². The number of nitrogens with one attached hydrogen (secondary N) is 1. The summed E-state index contributed by atoms with van der Waals surface area (Å²) in [5.41, 5.74) is 6.58. The van der Waals surface area contributed by atoms with Crippen LogP contribution in [0.2, 0.25) is 0 Å². The molecule has 0 unspecified atom stereocenters. The number of carbonyl (C=O) groups is 2. The van der Waals surface area contributed by atoms with Gasteiger partial charge < -0.3 is 10.0 Å². The fourth-order valence-corrected chi connectivity index (χ4v) is 5.53. The molecule has 0 bridgehead atoms. The van der Waals surface area contributed by atoms with Crippen LogP contribution in [0.25, 0.3) is 4.72 Å². The Kier molecular flexibility index (Phi) is 5.40. The number of aromatic nitrogens is 1. The van der Waals surface area contributed by atoms with E-state index in [1.807, 2.05) is 0 Å². The van der Waals surface area contributed by atoms with Crippen LogP contribution in [-0.2, 0) is 42.3 Å². The number of nitrogens with zero attached hydrogens (tertiary/aromatic N) is 2. The van der Waals surface area contributed by atoms with Gasteiger partial charge in [0.1, 0.15) is 0 Å². The van der Waals surface area contributed by atoms with Crippen LogP contribution in [0.1, 0.15) is 57.4 Å². The maximum absolute atomic E-state index is 12.5. The maximum Gasteiger partial charge on any atom is 1.00 e. The number of carbonyl (C=O) groups excluding carboxylic acids is 2. The summed E-state index contributed by atoms with van der Waals surface area (Å²) in [6.45, 7) is 0. The zero-order valence-corrected chi connectivity index (χ0v) is 19.1. The molecular formula is C20H20N3NaO4S. The molecule has 0 aliphatic heterocycles. The van der Waals surface area contributed by atoms with Crippen LogP contribution >= 0.6 is 0 Å². The van der Waals surface area contributed by atoms with Gasteiger partial charge in [0, 0.05) is 24.4 Å². The van der Waals surface area contributed by atoms with Crippen molar-refractivity contribution in [3.63, 3.8) is 0 Å². The molecule has 1 N–H and O–H groups in total. The summed E-state index contributed by atoms with van der Waals surface area (Å²) in [6, 6.07) is 1.35. The maximum atomic E-state index is 12.5. The van der Waals surface area contributed by atoms with E-state index in [1.54, 1.807) is 0 Å². The van der Waals surface area contributed by atoms with Crippen molar-refractivity contribution in [1.29, 1.82) is 0 Å². The van der Waals surface area contributed by atoms with Crippen molar-refractivity contribution in [3.05, 3.63) is 56.6 Å². The first-order valence-electron chi connectivity index (χ1n) is 9.62. The Bertz CT molecular complexity index is 1100. The average Bonchev–Trinajstić information content (AvgIpc) is 3.39. The first-order chi connectivity index (χ1) is 13.4. The van der Waals surface area contributed by atoms with E-state index in [0.717, 1.165) is 59.3 Å². The van der Waals surface area contributed by atoms with E-state index >= 15 is 0 Å². The van der Waals surface area contributed by atoms with Gasteiger partial charge in [-0.25, -0.2) is 12.4 Å². The van der Waals surface area contributed by atoms with E-state index in [9.17, 15) is 18.0 Å². The molecule has 29 heavy (non-hydrogen) atoms. The molecule has 0 spiro atoms. The molecule has 1 aromatic carbocycles. The summed E-state index contributed by atoms with van der Waals surface area (Å²) < 4.78 is 29.4. The number of fused-ring (bicyclic) bond motifs is 3. The van der Waals surface area contributed by atoms with Gasteiger partial charge in [0.25, 0.3) is 10.2 Å². The summed E-state index contributed by atoms with van der Waals surface area (Å²) >= 11 is 0. The number of rotatable bonds is 3. The topological polar surface area (TPSA) is 99.3 Å². The second-order valence-electron chi connectivity index (χ2n) is 7.68. The summed E-state index contributed by atoms with van der Waals surface area (Å²) in [4.78, 5) is 24.3. The molecule has 3 aliphatic rings. The minimum Gasteiger partial charge on any atom is -0.423 e. The third kappa shape index (κ3) is 3.56. The zero-order chi connectivity index (χ0) is 19.5. The third-order valence-electron chi connectivity index (χ3n) is 5.98. The van der Waals surface area contributed by atoms with Gasteiger partial charge >= 0.3 is 29.6 Å². The molecule has 5 rings (SSSR count). The number of Topliss-reactive ketones (excluding diaryl/α,β-unsaturated/α-hetero) is 1. The van der Waals surface area contributed by atoms with Crippen molar-refractivity contribution >= 4 is 27.7 Å². The van der Waals surface area contributed by atoms with E-state index in [1.165, 1.54) is 23.5 Å². The average molecular weight is 421 g/mol. The summed E-state index contributed by atoms with van der Waals surface area (Å²) in [7, 11) is -4.23. The molecule has 3 aliphatic carbocycles. The number of urea groups is 1. The van der Waals surface area contributed by atoms with Gasteiger partial charge in [-0.3, -0.25) is 9.59 Å². The van der Waals surface area contributed by atoms with E-state index in [0.29, 0.717) is 24.0 Å². The quantitative estimate of drug-likeness (QED) is 0.721. The van der Waals surface area contributed by atoms with Gasteiger partial charge in [0.2, 0.25) is 0 Å². The normalized spacial score (nSPS) is 16.8.